The molecule has 2 aliphatic rings. The van der Waals surface area contributed by atoms with E-state index in [0.29, 0.717) is 24.2 Å². The first kappa shape index (κ1) is 28.4. The molecule has 1 aromatic heterocycles. The number of alkyl halides is 2. The molecule has 1 aliphatic carbocycles. The van der Waals surface area contributed by atoms with E-state index in [9.17, 15) is 26.4 Å². The lowest BCUT2D eigenvalue weighted by Crippen LogP contribution is -2.63. The van der Waals surface area contributed by atoms with Crippen molar-refractivity contribution in [3.05, 3.63) is 47.7 Å². The molecule has 0 spiro atoms. The second-order valence-electron chi connectivity index (χ2n) is 9.49. The van der Waals surface area contributed by atoms with Gasteiger partial charge in [0.05, 0.1) is 6.33 Å². The molecular weight excluding hydrogens is 519 g/mol. The van der Waals surface area contributed by atoms with E-state index in [-0.39, 0.29) is 62.8 Å². The van der Waals surface area contributed by atoms with Gasteiger partial charge in [-0.2, -0.15) is 4.31 Å². The molecule has 1 N–H and O–H groups in total. The monoisotopic (exact) mass is 549 g/mol. The van der Waals surface area contributed by atoms with Crippen molar-refractivity contribution in [3.8, 4) is 0 Å². The fourth-order valence-corrected chi connectivity index (χ4v) is 6.35. The van der Waals surface area contributed by atoms with E-state index >= 15 is 0 Å². The van der Waals surface area contributed by atoms with Crippen LogP contribution in [0.1, 0.15) is 41.6 Å². The van der Waals surface area contributed by atoms with Crippen LogP contribution in [-0.4, -0.2) is 77.3 Å². The van der Waals surface area contributed by atoms with Crippen molar-refractivity contribution in [1.29, 1.82) is 0 Å². The van der Waals surface area contributed by atoms with E-state index in [0.717, 1.165) is 0 Å². The summed E-state index contributed by atoms with van der Waals surface area (Å²) in [5.74, 6) is -3.59. The van der Waals surface area contributed by atoms with E-state index in [1.165, 1.54) is 35.0 Å². The third-order valence-electron chi connectivity index (χ3n) is 7.12. The number of aryl methyl sites for hydroxylation is 2. The number of benzene rings is 1. The summed E-state index contributed by atoms with van der Waals surface area (Å²) in [5, 5.41) is 2.85. The Kier molecular flexibility index (Phi) is 8.43. The molecule has 1 saturated carbocycles. The van der Waals surface area contributed by atoms with Gasteiger partial charge in [0, 0.05) is 69.9 Å². The number of imidazole rings is 1. The highest BCUT2D eigenvalue weighted by Crippen LogP contribution is 2.42. The SMILES string of the molecule is Cc1cc(F)ccc1C(=O)NCC1(N2CCN(S(=O)(=O)c3cn(C)cn3)CC2)CCC(F)(F)CC1.Cl. The molecule has 1 aromatic carbocycles. The Labute approximate surface area is 215 Å². The van der Waals surface area contributed by atoms with Crippen molar-refractivity contribution in [2.75, 3.05) is 32.7 Å². The molecule has 2 aromatic rings. The first-order valence-electron chi connectivity index (χ1n) is 11.6. The van der Waals surface area contributed by atoms with Crippen LogP contribution in [0.2, 0.25) is 0 Å². The molecule has 36 heavy (non-hydrogen) atoms. The first-order chi connectivity index (χ1) is 16.4. The molecule has 0 radical (unpaired) electrons. The number of hydrogen-bond acceptors (Lipinski definition) is 5. The number of sulfonamides is 1. The number of nitrogens with zero attached hydrogens (tertiary/aromatic N) is 4. The molecule has 200 valence electrons. The third kappa shape index (κ3) is 5.87. The maximum atomic E-state index is 14.0. The van der Waals surface area contributed by atoms with Gasteiger partial charge >= 0.3 is 0 Å². The molecule has 0 unspecified atom stereocenters. The largest absolute Gasteiger partial charge is 0.350 e. The molecule has 2 heterocycles. The Hall–Kier alpha value is -2.15. The molecular formula is C23H31ClF3N5O3S. The number of amides is 1. The van der Waals surface area contributed by atoms with Gasteiger partial charge < -0.3 is 9.88 Å². The number of carbonyl (C=O) groups is 1. The second kappa shape index (κ2) is 10.7. The van der Waals surface area contributed by atoms with Crippen LogP contribution >= 0.6 is 12.4 Å². The van der Waals surface area contributed by atoms with E-state index in [2.05, 4.69) is 10.3 Å². The molecule has 1 saturated heterocycles. The summed E-state index contributed by atoms with van der Waals surface area (Å²) < 4.78 is 70.3. The zero-order chi connectivity index (χ0) is 25.4. The number of piperazine rings is 1. The van der Waals surface area contributed by atoms with Crippen LogP contribution < -0.4 is 5.32 Å². The molecule has 1 amide bonds. The lowest BCUT2D eigenvalue weighted by atomic mass is 9.78. The van der Waals surface area contributed by atoms with Gasteiger partial charge in [-0.25, -0.2) is 26.6 Å². The number of hydrogen-bond donors (Lipinski definition) is 1. The van der Waals surface area contributed by atoms with Crippen LogP contribution in [0.15, 0.2) is 35.7 Å². The van der Waals surface area contributed by atoms with Crippen LogP contribution in [0.3, 0.4) is 0 Å². The summed E-state index contributed by atoms with van der Waals surface area (Å²) >= 11 is 0. The summed E-state index contributed by atoms with van der Waals surface area (Å²) in [6.45, 7) is 2.87. The minimum atomic E-state index is -3.75. The van der Waals surface area contributed by atoms with Crippen LogP contribution in [0.25, 0.3) is 0 Å². The van der Waals surface area contributed by atoms with Crippen molar-refractivity contribution < 1.29 is 26.4 Å². The fraction of sp³-hybridized carbons (Fsp3) is 0.565. The topological polar surface area (TPSA) is 87.5 Å². The molecule has 8 nitrogen and oxygen atoms in total. The summed E-state index contributed by atoms with van der Waals surface area (Å²) in [4.78, 5) is 18.8. The van der Waals surface area contributed by atoms with E-state index in [4.69, 9.17) is 0 Å². The fourth-order valence-electron chi connectivity index (χ4n) is 4.96. The zero-order valence-corrected chi connectivity index (χ0v) is 21.8. The maximum absolute atomic E-state index is 14.0. The number of halogens is 4. The molecule has 4 rings (SSSR count). The first-order valence-corrected chi connectivity index (χ1v) is 13.0. The number of carbonyl (C=O) groups excluding carboxylic acids is 1. The van der Waals surface area contributed by atoms with Gasteiger partial charge in [-0.3, -0.25) is 9.69 Å². The van der Waals surface area contributed by atoms with Crippen LogP contribution in [0, 0.1) is 12.7 Å². The van der Waals surface area contributed by atoms with Crippen molar-refractivity contribution in [3.63, 3.8) is 0 Å². The van der Waals surface area contributed by atoms with Crippen molar-refractivity contribution in [2.45, 2.75) is 49.1 Å². The van der Waals surface area contributed by atoms with Crippen LogP contribution in [0.5, 0.6) is 0 Å². The van der Waals surface area contributed by atoms with Gasteiger partial charge in [0.25, 0.3) is 15.9 Å². The van der Waals surface area contributed by atoms with Crippen molar-refractivity contribution in [2.24, 2.45) is 7.05 Å². The highest BCUT2D eigenvalue weighted by molar-refractivity contribution is 7.89. The van der Waals surface area contributed by atoms with Crippen molar-refractivity contribution >= 4 is 28.3 Å². The lowest BCUT2D eigenvalue weighted by Gasteiger charge is -2.50. The molecule has 1 aliphatic heterocycles. The van der Waals surface area contributed by atoms with Gasteiger partial charge in [0.1, 0.15) is 5.82 Å². The van der Waals surface area contributed by atoms with Gasteiger partial charge in [0.2, 0.25) is 5.92 Å². The summed E-state index contributed by atoms with van der Waals surface area (Å²) in [6, 6.07) is 3.89. The predicted octanol–water partition coefficient (Wildman–Crippen LogP) is 2.97. The third-order valence-corrected chi connectivity index (χ3v) is 8.90. The summed E-state index contributed by atoms with van der Waals surface area (Å²) in [5.41, 5.74) is 0.0978. The minimum absolute atomic E-state index is 0. The Morgan fingerprint density at radius 1 is 1.11 bits per heavy atom. The summed E-state index contributed by atoms with van der Waals surface area (Å²) in [7, 11) is -2.06. The number of aromatic nitrogens is 2. The van der Waals surface area contributed by atoms with Crippen LogP contribution in [0.4, 0.5) is 13.2 Å². The smallest absolute Gasteiger partial charge is 0.262 e. The molecule has 0 atom stereocenters. The zero-order valence-electron chi connectivity index (χ0n) is 20.2. The van der Waals surface area contributed by atoms with Gasteiger partial charge in [-0.05, 0) is 43.5 Å². The summed E-state index contributed by atoms with van der Waals surface area (Å²) in [6.07, 6.45) is 2.62. The van der Waals surface area contributed by atoms with Gasteiger partial charge in [-0.15, -0.1) is 12.4 Å². The van der Waals surface area contributed by atoms with Gasteiger partial charge in [0.15, 0.2) is 5.03 Å². The van der Waals surface area contributed by atoms with E-state index < -0.39 is 33.2 Å². The van der Waals surface area contributed by atoms with Crippen molar-refractivity contribution in [1.82, 2.24) is 24.1 Å². The standard InChI is InChI=1S/C23H30F3N5O3S.ClH/c1-17-13-18(24)3-4-19(17)21(32)27-15-22(5-7-23(25,26)8-6-22)30-9-11-31(12-10-30)35(33,34)20-14-29(2)16-28-20;/h3-4,13-14,16H,5-12,15H2,1-2H3,(H,27,32);1H. The molecule has 0 bridgehead atoms. The Bertz CT molecular complexity index is 1190. The lowest BCUT2D eigenvalue weighted by molar-refractivity contribution is -0.0856. The van der Waals surface area contributed by atoms with E-state index in [1.54, 1.807) is 18.5 Å². The van der Waals surface area contributed by atoms with E-state index in [1.807, 2.05) is 4.90 Å². The minimum Gasteiger partial charge on any atom is -0.350 e. The Morgan fingerprint density at radius 2 is 1.75 bits per heavy atom. The Balaban J connectivity index is 0.00000361. The number of rotatable bonds is 6. The second-order valence-corrected chi connectivity index (χ2v) is 11.4. The average Bonchev–Trinajstić information content (AvgIpc) is 3.26. The van der Waals surface area contributed by atoms with Crippen LogP contribution in [-0.2, 0) is 17.1 Å². The number of nitrogens with one attached hydrogen (secondary N) is 1. The molecule has 2 fully saturated rings. The maximum Gasteiger partial charge on any atom is 0.262 e. The predicted molar refractivity (Wildman–Crippen MR) is 130 cm³/mol. The quantitative estimate of drug-likeness (QED) is 0.599. The van der Waals surface area contributed by atoms with Gasteiger partial charge in [-0.1, -0.05) is 0 Å². The Morgan fingerprint density at radius 3 is 2.31 bits per heavy atom. The molecule has 13 heteroatoms. The highest BCUT2D eigenvalue weighted by Gasteiger charge is 2.48. The average molecular weight is 550 g/mol. The highest BCUT2D eigenvalue weighted by atomic mass is 35.5. The normalized spacial score (nSPS) is 20.5.